The summed E-state index contributed by atoms with van der Waals surface area (Å²) in [5.41, 5.74) is -4.73. The van der Waals surface area contributed by atoms with Gasteiger partial charge in [0, 0.05) is 17.5 Å². The molecule has 0 N–H and O–H groups in total. The number of nitrogens with zero attached hydrogens (tertiary/aromatic N) is 1. The molecule has 0 atom stereocenters. The van der Waals surface area contributed by atoms with Crippen molar-refractivity contribution in [1.29, 1.82) is 0 Å². The molecule has 0 aliphatic heterocycles. The molecule has 0 saturated carbocycles. The third-order valence-corrected chi connectivity index (χ3v) is 4.71. The van der Waals surface area contributed by atoms with Crippen molar-refractivity contribution in [3.63, 3.8) is 0 Å². The Hall–Kier alpha value is -0.350. The second kappa shape index (κ2) is 6.89. The molecular formula is C11H13F3INO2S. The van der Waals surface area contributed by atoms with E-state index in [4.69, 9.17) is 0 Å². The summed E-state index contributed by atoms with van der Waals surface area (Å²) in [4.78, 5) is 0. The Bertz CT molecular complexity index is 490. The summed E-state index contributed by atoms with van der Waals surface area (Å²) >= 11 is 2.00. The van der Waals surface area contributed by atoms with Crippen LogP contribution in [0.15, 0.2) is 30.3 Å². The Balaban J connectivity index is 2.96. The van der Waals surface area contributed by atoms with Crippen LogP contribution in [0.5, 0.6) is 0 Å². The van der Waals surface area contributed by atoms with Crippen molar-refractivity contribution >= 4 is 32.6 Å². The second-order valence-corrected chi connectivity index (χ2v) is 6.82. The number of hydrogen-bond acceptors (Lipinski definition) is 2. The van der Waals surface area contributed by atoms with Crippen LogP contribution in [-0.4, -0.2) is 29.2 Å². The van der Waals surface area contributed by atoms with Crippen molar-refractivity contribution in [2.45, 2.75) is 18.5 Å². The van der Waals surface area contributed by atoms with Crippen LogP contribution in [0.1, 0.15) is 12.0 Å². The molecule has 0 bridgehead atoms. The first-order valence-corrected chi connectivity index (χ1v) is 8.42. The predicted octanol–water partition coefficient (Wildman–Crippen LogP) is 3.16. The summed E-state index contributed by atoms with van der Waals surface area (Å²) in [7, 11) is -5.28. The average molecular weight is 407 g/mol. The van der Waals surface area contributed by atoms with Gasteiger partial charge < -0.3 is 0 Å². The number of sulfonamides is 1. The van der Waals surface area contributed by atoms with E-state index in [1.807, 2.05) is 22.6 Å². The van der Waals surface area contributed by atoms with E-state index in [-0.39, 0.29) is 13.1 Å². The van der Waals surface area contributed by atoms with Crippen LogP contribution >= 0.6 is 22.6 Å². The zero-order chi connectivity index (χ0) is 14.5. The van der Waals surface area contributed by atoms with Gasteiger partial charge in [-0.25, -0.2) is 8.42 Å². The van der Waals surface area contributed by atoms with E-state index in [0.717, 1.165) is 0 Å². The van der Waals surface area contributed by atoms with Gasteiger partial charge in [0.15, 0.2) is 0 Å². The van der Waals surface area contributed by atoms with Gasteiger partial charge in [0.05, 0.1) is 0 Å². The maximum Gasteiger partial charge on any atom is 0.511 e. The van der Waals surface area contributed by atoms with E-state index in [1.165, 1.54) is 0 Å². The Labute approximate surface area is 124 Å². The fourth-order valence-electron chi connectivity index (χ4n) is 1.45. The van der Waals surface area contributed by atoms with Crippen LogP contribution in [0.25, 0.3) is 0 Å². The van der Waals surface area contributed by atoms with Crippen LogP contribution < -0.4 is 0 Å². The lowest BCUT2D eigenvalue weighted by molar-refractivity contribution is -0.0491. The first-order valence-electron chi connectivity index (χ1n) is 5.45. The summed E-state index contributed by atoms with van der Waals surface area (Å²) in [6.07, 6.45) is 0.378. The number of benzene rings is 1. The molecule has 108 valence electrons. The highest BCUT2D eigenvalue weighted by molar-refractivity contribution is 14.1. The van der Waals surface area contributed by atoms with Crippen molar-refractivity contribution in [3.05, 3.63) is 35.9 Å². The second-order valence-electron chi connectivity index (χ2n) is 3.81. The molecule has 0 fully saturated rings. The summed E-state index contributed by atoms with van der Waals surface area (Å²) in [6.45, 7) is -0.404. The van der Waals surface area contributed by atoms with E-state index in [0.29, 0.717) is 20.7 Å². The molecule has 0 spiro atoms. The smallest absolute Gasteiger partial charge is 0.203 e. The van der Waals surface area contributed by atoms with Gasteiger partial charge in [0.25, 0.3) is 0 Å². The minimum absolute atomic E-state index is 0.139. The highest BCUT2D eigenvalue weighted by Gasteiger charge is 2.49. The van der Waals surface area contributed by atoms with Gasteiger partial charge in [-0.2, -0.15) is 17.5 Å². The van der Waals surface area contributed by atoms with Crippen LogP contribution in [-0.2, 0) is 16.6 Å². The van der Waals surface area contributed by atoms with Gasteiger partial charge in [-0.3, -0.25) is 0 Å². The molecule has 0 aromatic heterocycles. The Morgan fingerprint density at radius 3 is 2.21 bits per heavy atom. The molecule has 0 saturated heterocycles. The van der Waals surface area contributed by atoms with Crippen LogP contribution in [0.3, 0.4) is 0 Å². The largest absolute Gasteiger partial charge is 0.511 e. The highest BCUT2D eigenvalue weighted by Crippen LogP contribution is 2.28. The first kappa shape index (κ1) is 16.7. The van der Waals surface area contributed by atoms with Crippen molar-refractivity contribution in [1.82, 2.24) is 4.31 Å². The van der Waals surface area contributed by atoms with E-state index in [9.17, 15) is 21.6 Å². The molecule has 0 radical (unpaired) electrons. The average Bonchev–Trinajstić information content (AvgIpc) is 2.34. The molecule has 0 amide bonds. The van der Waals surface area contributed by atoms with Crippen LogP contribution in [0, 0.1) is 0 Å². The standard InChI is InChI=1S/C11H13F3INO2S/c12-11(13,14)19(17,18)16(8-4-7-15)9-10-5-2-1-3-6-10/h1-3,5-6H,4,7-9H2. The van der Waals surface area contributed by atoms with E-state index >= 15 is 0 Å². The summed E-state index contributed by atoms with van der Waals surface area (Å²) in [5.74, 6) is 0. The van der Waals surface area contributed by atoms with Gasteiger partial charge in [0.1, 0.15) is 0 Å². The SMILES string of the molecule is O=S(=O)(N(CCCI)Cc1ccccc1)C(F)(F)F. The number of rotatable bonds is 6. The maximum atomic E-state index is 12.6. The minimum atomic E-state index is -5.28. The molecule has 3 nitrogen and oxygen atoms in total. The zero-order valence-corrected chi connectivity index (χ0v) is 12.9. The summed E-state index contributed by atoms with van der Waals surface area (Å²) in [6, 6.07) is 8.24. The number of hydrogen-bond donors (Lipinski definition) is 0. The van der Waals surface area contributed by atoms with E-state index in [1.54, 1.807) is 30.3 Å². The van der Waals surface area contributed by atoms with Crippen molar-refractivity contribution < 1.29 is 21.6 Å². The molecule has 1 aromatic carbocycles. The van der Waals surface area contributed by atoms with Gasteiger partial charge in [0.2, 0.25) is 0 Å². The molecular weight excluding hydrogens is 394 g/mol. The third-order valence-electron chi connectivity index (χ3n) is 2.38. The van der Waals surface area contributed by atoms with Crippen molar-refractivity contribution in [2.24, 2.45) is 0 Å². The lowest BCUT2D eigenvalue weighted by Crippen LogP contribution is -2.40. The van der Waals surface area contributed by atoms with E-state index in [2.05, 4.69) is 0 Å². The van der Waals surface area contributed by atoms with E-state index < -0.39 is 15.5 Å². The van der Waals surface area contributed by atoms with Gasteiger partial charge in [-0.15, -0.1) is 0 Å². The zero-order valence-electron chi connectivity index (χ0n) is 9.90. The molecule has 0 aliphatic rings. The van der Waals surface area contributed by atoms with Gasteiger partial charge in [-0.1, -0.05) is 52.9 Å². The monoisotopic (exact) mass is 407 g/mol. The van der Waals surface area contributed by atoms with Gasteiger partial charge in [-0.05, 0) is 12.0 Å². The molecule has 1 rings (SSSR count). The minimum Gasteiger partial charge on any atom is -0.203 e. The molecule has 0 unspecified atom stereocenters. The Kier molecular flexibility index (Phi) is 6.06. The fraction of sp³-hybridized carbons (Fsp3) is 0.455. The van der Waals surface area contributed by atoms with Crippen molar-refractivity contribution in [3.8, 4) is 0 Å². The third kappa shape index (κ3) is 4.60. The first-order chi connectivity index (χ1) is 8.79. The topological polar surface area (TPSA) is 37.4 Å². The normalized spacial score (nSPS) is 12.9. The maximum absolute atomic E-state index is 12.6. The van der Waals surface area contributed by atoms with Crippen molar-refractivity contribution in [2.75, 3.05) is 11.0 Å². The Morgan fingerprint density at radius 1 is 1.16 bits per heavy atom. The summed E-state index contributed by atoms with van der Waals surface area (Å²) < 4.78 is 61.7. The van der Waals surface area contributed by atoms with Crippen LogP contribution in [0.4, 0.5) is 13.2 Å². The number of alkyl halides is 4. The molecule has 19 heavy (non-hydrogen) atoms. The molecule has 8 heteroatoms. The Morgan fingerprint density at radius 2 is 1.74 bits per heavy atom. The quantitative estimate of drug-likeness (QED) is 0.537. The van der Waals surface area contributed by atoms with Gasteiger partial charge >= 0.3 is 15.5 Å². The highest BCUT2D eigenvalue weighted by atomic mass is 127. The predicted molar refractivity (Wildman–Crippen MR) is 75.3 cm³/mol. The fourth-order valence-corrected chi connectivity index (χ4v) is 2.78. The molecule has 1 aromatic rings. The lowest BCUT2D eigenvalue weighted by Gasteiger charge is -2.23. The molecule has 0 aliphatic carbocycles. The summed E-state index contributed by atoms with van der Waals surface area (Å²) in [5, 5.41) is 0. The lowest BCUT2D eigenvalue weighted by atomic mass is 10.2. The number of halogens is 4. The van der Waals surface area contributed by atoms with Crippen LogP contribution in [0.2, 0.25) is 0 Å². The molecule has 0 heterocycles.